The van der Waals surface area contributed by atoms with Crippen molar-refractivity contribution in [3.05, 3.63) is 17.8 Å². The van der Waals surface area contributed by atoms with E-state index in [9.17, 15) is 0 Å². The van der Waals surface area contributed by atoms with Crippen LogP contribution in [0.5, 0.6) is 0 Å². The Labute approximate surface area is 103 Å². The van der Waals surface area contributed by atoms with E-state index in [1.54, 1.807) is 6.20 Å². The Hall–Kier alpha value is -0.870. The molecule has 0 bridgehead atoms. The Balaban J connectivity index is 2.04. The predicted molar refractivity (Wildman–Crippen MR) is 67.7 cm³/mol. The van der Waals surface area contributed by atoms with E-state index in [-0.39, 0.29) is 0 Å². The lowest BCUT2D eigenvalue weighted by molar-refractivity contribution is 0.0863. The molecule has 1 aliphatic rings. The van der Waals surface area contributed by atoms with E-state index in [0.717, 1.165) is 31.3 Å². The highest BCUT2D eigenvalue weighted by molar-refractivity contribution is 4.93. The molecule has 2 heterocycles. The Bertz CT molecular complexity index is 361. The molecule has 2 unspecified atom stereocenters. The van der Waals surface area contributed by atoms with E-state index in [0.29, 0.717) is 18.0 Å². The van der Waals surface area contributed by atoms with Crippen LogP contribution in [0, 0.1) is 12.8 Å². The van der Waals surface area contributed by atoms with Gasteiger partial charge in [0.2, 0.25) is 5.89 Å². The molecule has 0 amide bonds. The first kappa shape index (κ1) is 12.6. The normalized spacial score (nSPS) is 26.6. The summed E-state index contributed by atoms with van der Waals surface area (Å²) in [5.41, 5.74) is 0. The Morgan fingerprint density at radius 2 is 2.35 bits per heavy atom. The fraction of sp³-hybridized carbons (Fsp3) is 0.769. The fourth-order valence-electron chi connectivity index (χ4n) is 2.49. The highest BCUT2D eigenvalue weighted by Crippen LogP contribution is 2.18. The van der Waals surface area contributed by atoms with Gasteiger partial charge in [0.1, 0.15) is 5.76 Å². The van der Waals surface area contributed by atoms with Gasteiger partial charge < -0.3 is 9.73 Å². The van der Waals surface area contributed by atoms with Crippen LogP contribution in [0.1, 0.15) is 32.4 Å². The van der Waals surface area contributed by atoms with Gasteiger partial charge in [0.25, 0.3) is 0 Å². The Morgan fingerprint density at radius 1 is 1.59 bits per heavy atom. The lowest BCUT2D eigenvalue weighted by Gasteiger charge is -2.40. The molecule has 1 N–H and O–H groups in total. The summed E-state index contributed by atoms with van der Waals surface area (Å²) in [6, 6.07) is 1.11. The van der Waals surface area contributed by atoms with Gasteiger partial charge in [-0.05, 0) is 19.8 Å². The quantitative estimate of drug-likeness (QED) is 0.870. The van der Waals surface area contributed by atoms with Crippen molar-refractivity contribution in [2.24, 2.45) is 5.92 Å². The smallest absolute Gasteiger partial charge is 0.208 e. The summed E-state index contributed by atoms with van der Waals surface area (Å²) in [7, 11) is 0. The summed E-state index contributed by atoms with van der Waals surface area (Å²) in [4.78, 5) is 6.78. The minimum absolute atomic E-state index is 0.543. The number of aryl methyl sites for hydroxylation is 1. The lowest BCUT2D eigenvalue weighted by atomic mass is 9.99. The number of oxazole rings is 1. The molecule has 0 saturated carbocycles. The van der Waals surface area contributed by atoms with Gasteiger partial charge in [-0.15, -0.1) is 0 Å². The maximum atomic E-state index is 5.58. The minimum atomic E-state index is 0.543. The number of nitrogens with zero attached hydrogens (tertiary/aromatic N) is 2. The molecule has 1 fully saturated rings. The van der Waals surface area contributed by atoms with Gasteiger partial charge in [0, 0.05) is 25.2 Å². The molecule has 1 aromatic rings. The van der Waals surface area contributed by atoms with E-state index in [4.69, 9.17) is 4.42 Å². The maximum absolute atomic E-state index is 5.58. The van der Waals surface area contributed by atoms with Gasteiger partial charge in [0.05, 0.1) is 12.7 Å². The molecule has 0 aliphatic carbocycles. The molecular formula is C13H23N3O. The SMILES string of the molecule is Cc1cnc(CN2CC(C)NCC2C(C)C)o1. The summed E-state index contributed by atoms with van der Waals surface area (Å²) < 4.78 is 5.58. The van der Waals surface area contributed by atoms with Gasteiger partial charge in [-0.3, -0.25) is 4.90 Å². The van der Waals surface area contributed by atoms with E-state index in [2.05, 4.69) is 36.0 Å². The average Bonchev–Trinajstić information content (AvgIpc) is 2.63. The van der Waals surface area contributed by atoms with Crippen molar-refractivity contribution in [2.45, 2.75) is 46.3 Å². The molecule has 96 valence electrons. The average molecular weight is 237 g/mol. The second-order valence-electron chi connectivity index (χ2n) is 5.41. The summed E-state index contributed by atoms with van der Waals surface area (Å²) in [5.74, 6) is 2.37. The number of nitrogens with one attached hydrogen (secondary N) is 1. The zero-order valence-electron chi connectivity index (χ0n) is 11.2. The highest BCUT2D eigenvalue weighted by atomic mass is 16.4. The molecule has 17 heavy (non-hydrogen) atoms. The van der Waals surface area contributed by atoms with Crippen LogP contribution in [0.3, 0.4) is 0 Å². The number of rotatable bonds is 3. The molecule has 2 rings (SSSR count). The third-order valence-corrected chi connectivity index (χ3v) is 3.43. The van der Waals surface area contributed by atoms with Crippen LogP contribution in [0.15, 0.2) is 10.6 Å². The van der Waals surface area contributed by atoms with Gasteiger partial charge in [-0.25, -0.2) is 4.98 Å². The monoisotopic (exact) mass is 237 g/mol. The van der Waals surface area contributed by atoms with Gasteiger partial charge in [-0.1, -0.05) is 13.8 Å². The van der Waals surface area contributed by atoms with Crippen LogP contribution in [0.2, 0.25) is 0 Å². The van der Waals surface area contributed by atoms with Crippen molar-refractivity contribution in [3.8, 4) is 0 Å². The predicted octanol–water partition coefficient (Wildman–Crippen LogP) is 1.80. The molecule has 1 aromatic heterocycles. The van der Waals surface area contributed by atoms with Crippen molar-refractivity contribution < 1.29 is 4.42 Å². The number of hydrogen-bond acceptors (Lipinski definition) is 4. The number of hydrogen-bond donors (Lipinski definition) is 1. The topological polar surface area (TPSA) is 41.3 Å². The second-order valence-corrected chi connectivity index (χ2v) is 5.41. The van der Waals surface area contributed by atoms with E-state index in [1.165, 1.54) is 0 Å². The van der Waals surface area contributed by atoms with Crippen LogP contribution in [-0.2, 0) is 6.54 Å². The van der Waals surface area contributed by atoms with Gasteiger partial charge >= 0.3 is 0 Å². The molecule has 1 aliphatic heterocycles. The largest absolute Gasteiger partial charge is 0.445 e. The van der Waals surface area contributed by atoms with Crippen LogP contribution >= 0.6 is 0 Å². The molecule has 0 aromatic carbocycles. The molecule has 4 nitrogen and oxygen atoms in total. The second kappa shape index (κ2) is 5.19. The summed E-state index contributed by atoms with van der Waals surface area (Å²) >= 11 is 0. The standard InChI is InChI=1S/C13H23N3O/c1-9(2)12-6-14-10(3)7-16(12)8-13-15-5-11(4)17-13/h5,9-10,12,14H,6-8H2,1-4H3. The van der Waals surface area contributed by atoms with Gasteiger partial charge in [-0.2, -0.15) is 0 Å². The van der Waals surface area contributed by atoms with E-state index >= 15 is 0 Å². The fourth-order valence-corrected chi connectivity index (χ4v) is 2.49. The van der Waals surface area contributed by atoms with Crippen molar-refractivity contribution in [3.63, 3.8) is 0 Å². The van der Waals surface area contributed by atoms with Crippen LogP contribution in [0.4, 0.5) is 0 Å². The van der Waals surface area contributed by atoms with Crippen molar-refractivity contribution in [1.29, 1.82) is 0 Å². The molecular weight excluding hydrogens is 214 g/mol. The van der Waals surface area contributed by atoms with Crippen molar-refractivity contribution in [2.75, 3.05) is 13.1 Å². The zero-order chi connectivity index (χ0) is 12.4. The summed E-state index contributed by atoms with van der Waals surface area (Å²) in [6.45, 7) is 11.7. The van der Waals surface area contributed by atoms with Crippen LogP contribution < -0.4 is 5.32 Å². The first-order chi connectivity index (χ1) is 8.06. The minimum Gasteiger partial charge on any atom is -0.445 e. The molecule has 2 atom stereocenters. The third-order valence-electron chi connectivity index (χ3n) is 3.43. The van der Waals surface area contributed by atoms with Crippen molar-refractivity contribution in [1.82, 2.24) is 15.2 Å². The molecule has 0 radical (unpaired) electrons. The first-order valence-electron chi connectivity index (χ1n) is 6.45. The van der Waals surface area contributed by atoms with E-state index < -0.39 is 0 Å². The Kier molecular flexibility index (Phi) is 3.84. The molecule has 1 saturated heterocycles. The zero-order valence-corrected chi connectivity index (χ0v) is 11.2. The van der Waals surface area contributed by atoms with Gasteiger partial charge in [0.15, 0.2) is 0 Å². The third kappa shape index (κ3) is 3.07. The van der Waals surface area contributed by atoms with Crippen LogP contribution in [0.25, 0.3) is 0 Å². The highest BCUT2D eigenvalue weighted by Gasteiger charge is 2.28. The van der Waals surface area contributed by atoms with Crippen molar-refractivity contribution >= 4 is 0 Å². The Morgan fingerprint density at radius 3 is 2.94 bits per heavy atom. The summed E-state index contributed by atoms with van der Waals surface area (Å²) in [6.07, 6.45) is 1.80. The first-order valence-corrected chi connectivity index (χ1v) is 6.45. The number of piperazine rings is 1. The van der Waals surface area contributed by atoms with E-state index in [1.807, 2.05) is 6.92 Å². The summed E-state index contributed by atoms with van der Waals surface area (Å²) in [5, 5.41) is 3.54. The maximum Gasteiger partial charge on any atom is 0.208 e. The lowest BCUT2D eigenvalue weighted by Crippen LogP contribution is -2.56. The number of aromatic nitrogens is 1. The van der Waals surface area contributed by atoms with Crippen LogP contribution in [-0.4, -0.2) is 35.1 Å². The molecule has 4 heteroatoms. The molecule has 0 spiro atoms.